The minimum atomic E-state index is -0.646. The zero-order valence-corrected chi connectivity index (χ0v) is 10.9. The molecule has 1 heterocycles. The first kappa shape index (κ1) is 13.3. The van der Waals surface area contributed by atoms with Gasteiger partial charge in [-0.15, -0.1) is 0 Å². The molecule has 0 aliphatic carbocycles. The van der Waals surface area contributed by atoms with Crippen LogP contribution in [0.25, 0.3) is 10.9 Å². The average Bonchev–Trinajstić information content (AvgIpc) is 2.27. The monoisotopic (exact) mass is 262 g/mol. The number of hydrogen-bond acceptors (Lipinski definition) is 3. The number of pyridine rings is 1. The third-order valence-electron chi connectivity index (χ3n) is 2.45. The van der Waals surface area contributed by atoms with Gasteiger partial charge < -0.3 is 4.74 Å². The Bertz CT molecular complexity index is 698. The van der Waals surface area contributed by atoms with Gasteiger partial charge in [0, 0.05) is 17.6 Å². The Morgan fingerprint density at radius 2 is 1.95 bits per heavy atom. The Labute approximate surface area is 109 Å². The maximum Gasteiger partial charge on any atom is 0.418 e. The number of carbonyl (C=O) groups excluding carboxylic acids is 1. The molecule has 0 saturated carbocycles. The number of halogens is 1. The normalized spacial score (nSPS) is 11.6. The Morgan fingerprint density at radius 1 is 1.26 bits per heavy atom. The summed E-state index contributed by atoms with van der Waals surface area (Å²) in [6, 6.07) is 4.91. The topological polar surface area (TPSA) is 48.3 Å². The Hall–Kier alpha value is -2.17. The van der Waals surface area contributed by atoms with E-state index in [9.17, 15) is 14.0 Å². The SMILES string of the molecule is CC(C)(C)OC(=O)n1ccc(=O)c2cc([18F])ccc21. The molecule has 0 atom stereocenters. The van der Waals surface area contributed by atoms with Gasteiger partial charge in [-0.25, -0.2) is 9.18 Å². The van der Waals surface area contributed by atoms with E-state index in [0.29, 0.717) is 5.52 Å². The zero-order valence-electron chi connectivity index (χ0n) is 10.9. The molecule has 2 rings (SSSR count). The van der Waals surface area contributed by atoms with Crippen LogP contribution in [0, 0.1) is 5.82 Å². The number of nitrogens with zero attached hydrogens (tertiary/aromatic N) is 1. The van der Waals surface area contributed by atoms with E-state index in [1.165, 1.54) is 29.0 Å². The van der Waals surface area contributed by atoms with Gasteiger partial charge in [0.25, 0.3) is 0 Å². The number of fused-ring (bicyclic) bond motifs is 1. The molecule has 0 radical (unpaired) electrons. The molecule has 1 aromatic heterocycles. The van der Waals surface area contributed by atoms with Crippen molar-refractivity contribution < 1.29 is 13.9 Å². The highest BCUT2D eigenvalue weighted by molar-refractivity contribution is 5.87. The highest BCUT2D eigenvalue weighted by Crippen LogP contribution is 2.15. The van der Waals surface area contributed by atoms with E-state index in [2.05, 4.69) is 0 Å². The van der Waals surface area contributed by atoms with E-state index >= 15 is 0 Å². The molecule has 0 aliphatic heterocycles. The predicted octanol–water partition coefficient (Wildman–Crippen LogP) is 2.92. The van der Waals surface area contributed by atoms with Crippen LogP contribution in [0.1, 0.15) is 20.8 Å². The van der Waals surface area contributed by atoms with Gasteiger partial charge in [-0.05, 0) is 39.0 Å². The van der Waals surface area contributed by atoms with Gasteiger partial charge in [-0.2, -0.15) is 0 Å². The summed E-state index contributed by atoms with van der Waals surface area (Å²) in [5.41, 5.74) is -0.662. The first-order valence-electron chi connectivity index (χ1n) is 5.82. The second kappa shape index (κ2) is 4.50. The molecule has 100 valence electrons. The molecule has 0 amide bonds. The molecule has 0 spiro atoms. The van der Waals surface area contributed by atoms with E-state index in [1.807, 2.05) is 0 Å². The lowest BCUT2D eigenvalue weighted by Gasteiger charge is -2.20. The summed E-state index contributed by atoms with van der Waals surface area (Å²) >= 11 is 0. The van der Waals surface area contributed by atoms with E-state index in [0.717, 1.165) is 6.07 Å². The van der Waals surface area contributed by atoms with Gasteiger partial charge in [0.15, 0.2) is 5.43 Å². The van der Waals surface area contributed by atoms with Gasteiger partial charge >= 0.3 is 6.09 Å². The van der Waals surface area contributed by atoms with Crippen molar-refractivity contribution in [1.29, 1.82) is 0 Å². The molecule has 5 heteroatoms. The standard InChI is InChI=1S/C14H14FNO3/c1-14(2,3)19-13(18)16-7-6-12(17)10-8-9(15)4-5-11(10)16/h4-8H,1-3H3/i15-1. The lowest BCUT2D eigenvalue weighted by molar-refractivity contribution is 0.0543. The predicted molar refractivity (Wildman–Crippen MR) is 69.8 cm³/mol. The highest BCUT2D eigenvalue weighted by atomic mass is 18.2. The van der Waals surface area contributed by atoms with Crippen LogP contribution >= 0.6 is 0 Å². The van der Waals surface area contributed by atoms with E-state index < -0.39 is 17.5 Å². The fraction of sp³-hybridized carbons (Fsp3) is 0.286. The van der Waals surface area contributed by atoms with Crippen molar-refractivity contribution in [2.24, 2.45) is 0 Å². The summed E-state index contributed by atoms with van der Waals surface area (Å²) < 4.78 is 19.6. The van der Waals surface area contributed by atoms with E-state index in [-0.39, 0.29) is 10.8 Å². The van der Waals surface area contributed by atoms with E-state index in [1.54, 1.807) is 20.8 Å². The van der Waals surface area contributed by atoms with Crippen molar-refractivity contribution in [3.63, 3.8) is 0 Å². The molecule has 1 aromatic carbocycles. The van der Waals surface area contributed by atoms with Gasteiger partial charge in [-0.3, -0.25) is 9.36 Å². The summed E-state index contributed by atoms with van der Waals surface area (Å²) in [7, 11) is 0. The molecule has 0 saturated heterocycles. The van der Waals surface area contributed by atoms with Crippen LogP contribution in [0.4, 0.5) is 9.18 Å². The fourth-order valence-corrected chi connectivity index (χ4v) is 1.70. The molecule has 19 heavy (non-hydrogen) atoms. The molecular formula is C14H14FNO3. The lowest BCUT2D eigenvalue weighted by atomic mass is 10.2. The van der Waals surface area contributed by atoms with Crippen molar-refractivity contribution in [3.8, 4) is 0 Å². The Kier molecular flexibility index (Phi) is 3.14. The number of benzene rings is 1. The average molecular weight is 262 g/mol. The van der Waals surface area contributed by atoms with Crippen LogP contribution in [0.2, 0.25) is 0 Å². The number of carbonyl (C=O) groups is 1. The summed E-state index contributed by atoms with van der Waals surface area (Å²) in [5.74, 6) is -0.522. The number of ether oxygens (including phenoxy) is 1. The zero-order chi connectivity index (χ0) is 14.2. The van der Waals surface area contributed by atoms with Gasteiger partial charge in [0.05, 0.1) is 5.52 Å². The Balaban J connectivity index is 2.59. The number of hydrogen-bond donors (Lipinski definition) is 0. The minimum absolute atomic E-state index is 0.147. The van der Waals surface area contributed by atoms with Crippen molar-refractivity contribution >= 4 is 17.0 Å². The second-order valence-corrected chi connectivity index (χ2v) is 5.19. The smallest absolute Gasteiger partial charge is 0.418 e. The van der Waals surface area contributed by atoms with Crippen molar-refractivity contribution in [2.45, 2.75) is 26.4 Å². The van der Waals surface area contributed by atoms with Gasteiger partial charge in [0.1, 0.15) is 11.4 Å². The summed E-state index contributed by atoms with van der Waals surface area (Å²) in [5, 5.41) is 0.147. The van der Waals surface area contributed by atoms with Gasteiger partial charge in [0.2, 0.25) is 0 Å². The van der Waals surface area contributed by atoms with Crippen LogP contribution in [-0.4, -0.2) is 16.3 Å². The number of aromatic nitrogens is 1. The van der Waals surface area contributed by atoms with Crippen LogP contribution in [0.3, 0.4) is 0 Å². The van der Waals surface area contributed by atoms with Crippen molar-refractivity contribution in [1.82, 2.24) is 4.57 Å². The van der Waals surface area contributed by atoms with E-state index in [4.69, 9.17) is 4.74 Å². The molecule has 0 unspecified atom stereocenters. The van der Waals surface area contributed by atoms with Gasteiger partial charge in [-0.1, -0.05) is 0 Å². The quantitative estimate of drug-likeness (QED) is 0.733. The second-order valence-electron chi connectivity index (χ2n) is 5.19. The molecule has 0 bridgehead atoms. The molecular weight excluding hydrogens is 248 g/mol. The third-order valence-corrected chi connectivity index (χ3v) is 2.45. The maximum absolute atomic E-state index is 13.2. The molecule has 0 N–H and O–H groups in total. The molecule has 0 aliphatic rings. The van der Waals surface area contributed by atoms with Crippen molar-refractivity contribution in [3.05, 3.63) is 46.5 Å². The maximum atomic E-state index is 13.2. The van der Waals surface area contributed by atoms with Crippen molar-refractivity contribution in [2.75, 3.05) is 0 Å². The fourth-order valence-electron chi connectivity index (χ4n) is 1.70. The third kappa shape index (κ3) is 2.81. The minimum Gasteiger partial charge on any atom is -0.443 e. The lowest BCUT2D eigenvalue weighted by Crippen LogP contribution is -2.28. The largest absolute Gasteiger partial charge is 0.443 e. The summed E-state index contributed by atoms with van der Waals surface area (Å²) in [6.45, 7) is 5.24. The molecule has 0 fully saturated rings. The van der Waals surface area contributed by atoms with Crippen LogP contribution in [0.5, 0.6) is 0 Å². The Morgan fingerprint density at radius 3 is 2.58 bits per heavy atom. The first-order chi connectivity index (χ1) is 8.78. The summed E-state index contributed by atoms with van der Waals surface area (Å²) in [4.78, 5) is 23.7. The number of rotatable bonds is 0. The molecule has 2 aromatic rings. The summed E-state index contributed by atoms with van der Waals surface area (Å²) in [6.07, 6.45) is 0.723. The first-order valence-corrected chi connectivity index (χ1v) is 5.82. The van der Waals surface area contributed by atoms with Crippen LogP contribution < -0.4 is 5.43 Å². The highest BCUT2D eigenvalue weighted by Gasteiger charge is 2.19. The van der Waals surface area contributed by atoms with Crippen LogP contribution in [-0.2, 0) is 4.74 Å². The molecule has 4 nitrogen and oxygen atoms in total. The van der Waals surface area contributed by atoms with Crippen LogP contribution in [0.15, 0.2) is 35.3 Å².